The molecule has 1 atom stereocenters. The molecule has 6 heteroatoms. The number of carbonyl (C=O) groups is 2. The highest BCUT2D eigenvalue weighted by molar-refractivity contribution is 6.05. The van der Waals surface area contributed by atoms with Gasteiger partial charge in [-0.1, -0.05) is 0 Å². The molecule has 0 spiro atoms. The van der Waals surface area contributed by atoms with E-state index in [0.717, 1.165) is 16.4 Å². The van der Waals surface area contributed by atoms with E-state index in [-0.39, 0.29) is 18.2 Å². The maximum atomic E-state index is 11.6. The van der Waals surface area contributed by atoms with Crippen LogP contribution in [0.4, 0.5) is 0 Å². The minimum absolute atomic E-state index is 0.136. The Morgan fingerprint density at radius 2 is 2.38 bits per heavy atom. The average molecular weight is 222 g/mol. The van der Waals surface area contributed by atoms with Gasteiger partial charge in [-0.2, -0.15) is 0 Å². The van der Waals surface area contributed by atoms with Crippen LogP contribution in [0.5, 0.6) is 0 Å². The zero-order valence-electron chi connectivity index (χ0n) is 9.28. The Labute approximate surface area is 93.0 Å². The molecule has 6 nitrogen and oxygen atoms in total. The highest BCUT2D eigenvalue weighted by atomic mass is 16.2. The minimum atomic E-state index is -0.402. The van der Waals surface area contributed by atoms with E-state index >= 15 is 0 Å². The molecule has 2 amide bonds. The first-order chi connectivity index (χ1) is 7.58. The summed E-state index contributed by atoms with van der Waals surface area (Å²) >= 11 is 0. The predicted octanol–water partition coefficient (Wildman–Crippen LogP) is -0.435. The van der Waals surface area contributed by atoms with Crippen LogP contribution in [0, 0.1) is 6.92 Å². The van der Waals surface area contributed by atoms with E-state index in [1.165, 1.54) is 7.05 Å². The number of imidazole rings is 1. The second-order valence-electron chi connectivity index (χ2n) is 3.92. The predicted molar refractivity (Wildman–Crippen MR) is 56.3 cm³/mol. The van der Waals surface area contributed by atoms with Gasteiger partial charge in [0.15, 0.2) is 0 Å². The van der Waals surface area contributed by atoms with Crippen molar-refractivity contribution in [1.29, 1.82) is 0 Å². The van der Waals surface area contributed by atoms with Crippen LogP contribution in [-0.4, -0.2) is 39.8 Å². The molecule has 16 heavy (non-hydrogen) atoms. The Hall–Kier alpha value is -1.69. The van der Waals surface area contributed by atoms with Gasteiger partial charge in [0.1, 0.15) is 5.82 Å². The summed E-state index contributed by atoms with van der Waals surface area (Å²) in [7, 11) is 1.51. The fraction of sp³-hybridized carbons (Fsp3) is 0.500. The summed E-state index contributed by atoms with van der Waals surface area (Å²) in [6, 6.07) is -0.402. The van der Waals surface area contributed by atoms with E-state index in [1.807, 2.05) is 6.92 Å². The van der Waals surface area contributed by atoms with Crippen LogP contribution in [0.25, 0.3) is 0 Å². The van der Waals surface area contributed by atoms with E-state index in [2.05, 4.69) is 15.3 Å². The smallest absolute Gasteiger partial charge is 0.246 e. The second-order valence-corrected chi connectivity index (χ2v) is 3.92. The number of hydrogen-bond acceptors (Lipinski definition) is 4. The summed E-state index contributed by atoms with van der Waals surface area (Å²) in [6.45, 7) is 2.37. The first-order valence-electron chi connectivity index (χ1n) is 5.12. The Balaban J connectivity index is 1.92. The molecule has 0 bridgehead atoms. The number of aromatic amines is 1. The molecule has 1 aromatic heterocycles. The zero-order valence-corrected chi connectivity index (χ0v) is 9.28. The lowest BCUT2D eigenvalue weighted by atomic mass is 10.2. The summed E-state index contributed by atoms with van der Waals surface area (Å²) in [5, 5.41) is 3.04. The lowest BCUT2D eigenvalue weighted by molar-refractivity contribution is -0.137. The molecule has 1 aromatic rings. The molecule has 1 aliphatic heterocycles. The summed E-state index contributed by atoms with van der Waals surface area (Å²) in [5.74, 6) is 0.535. The van der Waals surface area contributed by atoms with E-state index in [0.29, 0.717) is 6.54 Å². The Morgan fingerprint density at radius 3 is 2.88 bits per heavy atom. The van der Waals surface area contributed by atoms with E-state index in [9.17, 15) is 9.59 Å². The lowest BCUT2D eigenvalue weighted by Crippen LogP contribution is -2.36. The third-order valence-corrected chi connectivity index (χ3v) is 2.68. The number of aromatic nitrogens is 2. The number of aryl methyl sites for hydroxylation is 1. The number of nitrogens with one attached hydrogen (secondary N) is 2. The van der Waals surface area contributed by atoms with Crippen molar-refractivity contribution in [2.45, 2.75) is 25.9 Å². The van der Waals surface area contributed by atoms with Crippen molar-refractivity contribution >= 4 is 11.8 Å². The van der Waals surface area contributed by atoms with Gasteiger partial charge in [0.2, 0.25) is 11.8 Å². The number of amides is 2. The number of H-pyrrole nitrogens is 1. The second kappa shape index (κ2) is 4.05. The van der Waals surface area contributed by atoms with Crippen LogP contribution in [0.1, 0.15) is 17.9 Å². The van der Waals surface area contributed by atoms with Crippen LogP contribution < -0.4 is 5.32 Å². The number of imide groups is 1. The fourth-order valence-corrected chi connectivity index (χ4v) is 1.71. The molecule has 1 aliphatic rings. The molecule has 2 heterocycles. The highest BCUT2D eigenvalue weighted by Gasteiger charge is 2.35. The van der Waals surface area contributed by atoms with Gasteiger partial charge in [0, 0.05) is 25.5 Å². The van der Waals surface area contributed by atoms with Crippen molar-refractivity contribution in [3.05, 3.63) is 17.7 Å². The van der Waals surface area contributed by atoms with Gasteiger partial charge < -0.3 is 4.98 Å². The number of likely N-dealkylation sites (tertiary alicyclic amines) is 1. The van der Waals surface area contributed by atoms with Crippen molar-refractivity contribution < 1.29 is 9.59 Å². The van der Waals surface area contributed by atoms with Crippen LogP contribution >= 0.6 is 0 Å². The Morgan fingerprint density at radius 1 is 1.62 bits per heavy atom. The van der Waals surface area contributed by atoms with Gasteiger partial charge in [-0.05, 0) is 6.92 Å². The van der Waals surface area contributed by atoms with Crippen LogP contribution in [-0.2, 0) is 16.1 Å². The quantitative estimate of drug-likeness (QED) is 0.680. The molecule has 0 aliphatic carbocycles. The largest absolute Gasteiger partial charge is 0.345 e. The molecule has 0 saturated carbocycles. The van der Waals surface area contributed by atoms with E-state index in [1.54, 1.807) is 6.20 Å². The summed E-state index contributed by atoms with van der Waals surface area (Å²) in [6.07, 6.45) is 1.95. The van der Waals surface area contributed by atoms with Gasteiger partial charge in [-0.15, -0.1) is 0 Å². The monoisotopic (exact) mass is 222 g/mol. The molecule has 86 valence electrons. The van der Waals surface area contributed by atoms with Crippen LogP contribution in [0.2, 0.25) is 0 Å². The van der Waals surface area contributed by atoms with Gasteiger partial charge >= 0.3 is 0 Å². The molecular weight excluding hydrogens is 208 g/mol. The number of carbonyl (C=O) groups excluding carboxylic acids is 2. The molecule has 0 radical (unpaired) electrons. The van der Waals surface area contributed by atoms with Crippen molar-refractivity contribution in [2.75, 3.05) is 7.05 Å². The Kier molecular flexibility index (Phi) is 2.74. The number of hydrogen-bond donors (Lipinski definition) is 2. The fourth-order valence-electron chi connectivity index (χ4n) is 1.71. The third kappa shape index (κ3) is 1.96. The van der Waals surface area contributed by atoms with Crippen LogP contribution in [0.3, 0.4) is 0 Å². The maximum Gasteiger partial charge on any atom is 0.246 e. The van der Waals surface area contributed by atoms with Crippen LogP contribution in [0.15, 0.2) is 6.20 Å². The maximum absolute atomic E-state index is 11.6. The Bertz CT molecular complexity index is 426. The normalized spacial score (nSPS) is 20.9. The number of nitrogens with zero attached hydrogens (tertiary/aromatic N) is 2. The van der Waals surface area contributed by atoms with Gasteiger partial charge in [0.25, 0.3) is 0 Å². The summed E-state index contributed by atoms with van der Waals surface area (Å²) in [5.41, 5.74) is 0.910. The molecule has 1 saturated heterocycles. The van der Waals surface area contributed by atoms with Gasteiger partial charge in [-0.25, -0.2) is 4.98 Å². The van der Waals surface area contributed by atoms with Crippen molar-refractivity contribution in [1.82, 2.24) is 20.2 Å². The molecule has 0 aromatic carbocycles. The van der Waals surface area contributed by atoms with E-state index < -0.39 is 6.04 Å². The molecular formula is C10H14N4O2. The van der Waals surface area contributed by atoms with Gasteiger partial charge in [-0.3, -0.25) is 19.8 Å². The standard InChI is InChI=1S/C10H14N4O2/c1-6-11-4-7(13-6)5-12-8-3-9(15)14(2)10(8)16/h4,8,12H,3,5H2,1-2H3,(H,11,13). The average Bonchev–Trinajstić information content (AvgIpc) is 2.76. The summed E-state index contributed by atoms with van der Waals surface area (Å²) in [4.78, 5) is 31.1. The molecule has 2 rings (SSSR count). The third-order valence-electron chi connectivity index (χ3n) is 2.68. The minimum Gasteiger partial charge on any atom is -0.345 e. The van der Waals surface area contributed by atoms with Gasteiger partial charge in [0.05, 0.1) is 12.5 Å². The first kappa shape index (κ1) is 10.8. The molecule has 1 unspecified atom stereocenters. The van der Waals surface area contributed by atoms with E-state index in [4.69, 9.17) is 0 Å². The van der Waals surface area contributed by atoms with Crippen molar-refractivity contribution in [3.63, 3.8) is 0 Å². The molecule has 1 fully saturated rings. The summed E-state index contributed by atoms with van der Waals surface area (Å²) < 4.78 is 0. The topological polar surface area (TPSA) is 78.1 Å². The van der Waals surface area contributed by atoms with Crippen molar-refractivity contribution in [3.8, 4) is 0 Å². The highest BCUT2D eigenvalue weighted by Crippen LogP contribution is 2.10. The zero-order chi connectivity index (χ0) is 11.7. The van der Waals surface area contributed by atoms with Crippen molar-refractivity contribution in [2.24, 2.45) is 0 Å². The number of likely N-dealkylation sites (N-methyl/N-ethyl adjacent to an activating group) is 1. The molecule has 2 N–H and O–H groups in total. The SMILES string of the molecule is Cc1ncc(CNC2CC(=O)N(C)C2=O)[nH]1. The lowest BCUT2D eigenvalue weighted by Gasteiger charge is -2.09. The number of rotatable bonds is 3. The first-order valence-corrected chi connectivity index (χ1v) is 5.12.